The molecule has 0 spiro atoms. The van der Waals surface area contributed by atoms with Crippen molar-refractivity contribution in [3.63, 3.8) is 0 Å². The lowest BCUT2D eigenvalue weighted by molar-refractivity contribution is 0.833. The van der Waals surface area contributed by atoms with Gasteiger partial charge in [0.2, 0.25) is 5.95 Å². The molecule has 3 aromatic rings. The van der Waals surface area contributed by atoms with Gasteiger partial charge >= 0.3 is 0 Å². The van der Waals surface area contributed by atoms with Gasteiger partial charge in [-0.2, -0.15) is 0 Å². The van der Waals surface area contributed by atoms with Crippen LogP contribution in [0, 0.1) is 0 Å². The minimum Gasteiger partial charge on any atom is -0.347 e. The number of nitrogens with zero attached hydrogens (tertiary/aromatic N) is 3. The first-order valence-electron chi connectivity index (χ1n) is 7.83. The van der Waals surface area contributed by atoms with Crippen LogP contribution in [0.2, 0.25) is 0 Å². The van der Waals surface area contributed by atoms with Crippen molar-refractivity contribution >= 4 is 23.1 Å². The zero-order valence-corrected chi connectivity index (χ0v) is 13.0. The molecular weight excluding hydrogens is 300 g/mol. The third kappa shape index (κ3) is 2.60. The number of aromatic nitrogens is 2. The van der Waals surface area contributed by atoms with Crippen molar-refractivity contribution in [3.8, 4) is 5.69 Å². The number of hydrogen-bond donors (Lipinski definition) is 1. The highest BCUT2D eigenvalue weighted by Gasteiger charge is 2.15. The molecular formula is C19H16N4O. The maximum absolute atomic E-state index is 13.0. The van der Waals surface area contributed by atoms with E-state index in [1.807, 2.05) is 60.7 Å². The van der Waals surface area contributed by atoms with Crippen LogP contribution in [0.5, 0.6) is 0 Å². The molecule has 0 radical (unpaired) electrons. The molecule has 1 aliphatic rings. The van der Waals surface area contributed by atoms with E-state index in [1.54, 1.807) is 16.8 Å². The number of hydrogen-bond acceptors (Lipinski definition) is 4. The Morgan fingerprint density at radius 3 is 2.62 bits per heavy atom. The number of nitrogens with one attached hydrogen (secondary N) is 1. The monoisotopic (exact) mass is 316 g/mol. The van der Waals surface area contributed by atoms with Crippen LogP contribution in [0.3, 0.4) is 0 Å². The van der Waals surface area contributed by atoms with Crippen LogP contribution < -0.4 is 10.9 Å². The molecule has 2 aromatic carbocycles. The summed E-state index contributed by atoms with van der Waals surface area (Å²) < 4.78 is 1.62. The number of fused-ring (bicyclic) bond motifs is 1. The molecule has 2 heterocycles. The molecule has 0 amide bonds. The highest BCUT2D eigenvalue weighted by atomic mass is 16.1. The number of dihydropyridines is 1. The van der Waals surface area contributed by atoms with Crippen molar-refractivity contribution < 1.29 is 0 Å². The molecule has 0 bridgehead atoms. The number of allylic oxidation sites excluding steroid dienone is 1. The molecule has 5 heteroatoms. The second kappa shape index (κ2) is 6.12. The van der Waals surface area contributed by atoms with Gasteiger partial charge in [-0.05, 0) is 30.3 Å². The summed E-state index contributed by atoms with van der Waals surface area (Å²) in [6.07, 6.45) is 5.69. The number of benzene rings is 2. The van der Waals surface area contributed by atoms with Crippen LogP contribution >= 0.6 is 0 Å². The van der Waals surface area contributed by atoms with E-state index in [9.17, 15) is 4.79 Å². The van der Waals surface area contributed by atoms with Gasteiger partial charge in [0.25, 0.3) is 5.56 Å². The maximum atomic E-state index is 13.0. The summed E-state index contributed by atoms with van der Waals surface area (Å²) in [6, 6.07) is 17.0. The van der Waals surface area contributed by atoms with Crippen LogP contribution in [0.25, 0.3) is 16.6 Å². The summed E-state index contributed by atoms with van der Waals surface area (Å²) in [7, 11) is 0. The lowest BCUT2D eigenvalue weighted by Crippen LogP contribution is -2.29. The summed E-state index contributed by atoms with van der Waals surface area (Å²) in [5.41, 5.74) is 1.38. The van der Waals surface area contributed by atoms with Crippen molar-refractivity contribution in [2.24, 2.45) is 4.99 Å². The smallest absolute Gasteiger partial charge is 0.267 e. The predicted octanol–water partition coefficient (Wildman–Crippen LogP) is 2.81. The SMILES string of the molecule is O=c1c2ccccc2nc(NC2C=CC=NC2)n1-c1ccccc1. The minimum atomic E-state index is -0.0856. The van der Waals surface area contributed by atoms with E-state index in [0.29, 0.717) is 23.4 Å². The van der Waals surface area contributed by atoms with Gasteiger partial charge in [-0.1, -0.05) is 36.4 Å². The lowest BCUT2D eigenvalue weighted by atomic mass is 10.2. The van der Waals surface area contributed by atoms with E-state index >= 15 is 0 Å². The van der Waals surface area contributed by atoms with Gasteiger partial charge in [0.1, 0.15) is 0 Å². The molecule has 24 heavy (non-hydrogen) atoms. The summed E-state index contributed by atoms with van der Waals surface area (Å²) in [4.78, 5) is 22.0. The van der Waals surface area contributed by atoms with E-state index in [0.717, 1.165) is 5.69 Å². The summed E-state index contributed by atoms with van der Waals surface area (Å²) in [5, 5.41) is 3.93. The van der Waals surface area contributed by atoms with E-state index in [1.165, 1.54) is 0 Å². The summed E-state index contributed by atoms with van der Waals surface area (Å²) in [5.74, 6) is 0.525. The fraction of sp³-hybridized carbons (Fsp3) is 0.105. The highest BCUT2D eigenvalue weighted by molar-refractivity contribution is 5.79. The van der Waals surface area contributed by atoms with E-state index < -0.39 is 0 Å². The van der Waals surface area contributed by atoms with Gasteiger partial charge < -0.3 is 5.32 Å². The molecule has 118 valence electrons. The van der Waals surface area contributed by atoms with Crippen LogP contribution in [-0.2, 0) is 0 Å². The molecule has 0 aliphatic carbocycles. The zero-order valence-electron chi connectivity index (χ0n) is 13.0. The van der Waals surface area contributed by atoms with Gasteiger partial charge in [0, 0.05) is 6.21 Å². The minimum absolute atomic E-state index is 0.0121. The van der Waals surface area contributed by atoms with Crippen molar-refractivity contribution in [1.82, 2.24) is 9.55 Å². The fourth-order valence-electron chi connectivity index (χ4n) is 2.79. The Morgan fingerprint density at radius 2 is 1.83 bits per heavy atom. The van der Waals surface area contributed by atoms with Crippen LogP contribution in [-0.4, -0.2) is 28.4 Å². The van der Waals surface area contributed by atoms with E-state index in [-0.39, 0.29) is 11.6 Å². The van der Waals surface area contributed by atoms with Crippen LogP contribution in [0.15, 0.2) is 76.5 Å². The second-order valence-electron chi connectivity index (χ2n) is 5.58. The van der Waals surface area contributed by atoms with E-state index in [4.69, 9.17) is 0 Å². The van der Waals surface area contributed by atoms with E-state index in [2.05, 4.69) is 15.3 Å². The Balaban J connectivity index is 1.91. The molecule has 1 aromatic heterocycles. The fourth-order valence-corrected chi connectivity index (χ4v) is 2.79. The molecule has 5 nitrogen and oxygen atoms in total. The molecule has 1 atom stereocenters. The Hall–Kier alpha value is -3.21. The van der Waals surface area contributed by atoms with Gasteiger partial charge in [-0.3, -0.25) is 9.79 Å². The lowest BCUT2D eigenvalue weighted by Gasteiger charge is -2.19. The van der Waals surface area contributed by atoms with Crippen LogP contribution in [0.4, 0.5) is 5.95 Å². The summed E-state index contributed by atoms with van der Waals surface area (Å²) >= 11 is 0. The average Bonchev–Trinajstić information content (AvgIpc) is 2.64. The van der Waals surface area contributed by atoms with Crippen molar-refractivity contribution in [2.45, 2.75) is 6.04 Å². The molecule has 0 saturated heterocycles. The largest absolute Gasteiger partial charge is 0.347 e. The Morgan fingerprint density at radius 1 is 1.04 bits per heavy atom. The second-order valence-corrected chi connectivity index (χ2v) is 5.58. The highest BCUT2D eigenvalue weighted by Crippen LogP contribution is 2.17. The molecule has 0 fully saturated rings. The zero-order chi connectivity index (χ0) is 16.4. The Bertz CT molecular complexity index is 989. The number of aliphatic imine (C=N–C) groups is 1. The topological polar surface area (TPSA) is 59.3 Å². The molecule has 4 rings (SSSR count). The van der Waals surface area contributed by atoms with Crippen molar-refractivity contribution in [3.05, 3.63) is 77.1 Å². The molecule has 1 unspecified atom stereocenters. The first kappa shape index (κ1) is 14.4. The Kier molecular flexibility index (Phi) is 3.67. The van der Waals surface area contributed by atoms with Gasteiger partial charge in [0.15, 0.2) is 0 Å². The third-order valence-corrected chi connectivity index (χ3v) is 3.94. The first-order valence-corrected chi connectivity index (χ1v) is 7.83. The summed E-state index contributed by atoms with van der Waals surface area (Å²) in [6.45, 7) is 0.619. The normalized spacial score (nSPS) is 16.4. The Labute approximate surface area is 139 Å². The average molecular weight is 316 g/mol. The number of anilines is 1. The molecule has 0 saturated carbocycles. The standard InChI is InChI=1S/C19H16N4O/c24-18-16-10-4-5-11-17(16)22-19(21-14-7-6-12-20-13-14)23(18)15-8-2-1-3-9-15/h1-12,14H,13H2,(H,21,22). The third-order valence-electron chi connectivity index (χ3n) is 3.94. The number of para-hydroxylation sites is 2. The molecule has 1 aliphatic heterocycles. The van der Waals surface area contributed by atoms with Crippen molar-refractivity contribution in [1.29, 1.82) is 0 Å². The van der Waals surface area contributed by atoms with Crippen molar-refractivity contribution in [2.75, 3.05) is 11.9 Å². The van der Waals surface area contributed by atoms with Crippen LogP contribution in [0.1, 0.15) is 0 Å². The first-order chi connectivity index (χ1) is 11.8. The number of rotatable bonds is 3. The van der Waals surface area contributed by atoms with Gasteiger partial charge in [-0.15, -0.1) is 0 Å². The van der Waals surface area contributed by atoms with Gasteiger partial charge in [-0.25, -0.2) is 9.55 Å². The molecule has 1 N–H and O–H groups in total. The predicted molar refractivity (Wildman–Crippen MR) is 97.2 cm³/mol. The maximum Gasteiger partial charge on any atom is 0.267 e. The quantitative estimate of drug-likeness (QED) is 0.808. The van der Waals surface area contributed by atoms with Gasteiger partial charge in [0.05, 0.1) is 29.2 Å².